The van der Waals surface area contributed by atoms with Gasteiger partial charge in [0.25, 0.3) is 6.33 Å². The average Bonchev–Trinajstić information content (AvgIpc) is 3.06. The Hall–Kier alpha value is -2.68. The van der Waals surface area contributed by atoms with Crippen LogP contribution in [0, 0.1) is 20.8 Å². The zero-order chi connectivity index (χ0) is 22.3. The normalized spacial score (nSPS) is 17.3. The summed E-state index contributed by atoms with van der Waals surface area (Å²) in [6.45, 7) is 15.9. The van der Waals surface area contributed by atoms with Gasteiger partial charge in [-0.3, -0.25) is 0 Å². The van der Waals surface area contributed by atoms with Gasteiger partial charge in [-0.2, -0.15) is 0 Å². The Balaban J connectivity index is 1.96. The smallest absolute Gasteiger partial charge is 0.286 e. The van der Waals surface area contributed by atoms with Gasteiger partial charge < -0.3 is 4.42 Å². The van der Waals surface area contributed by atoms with Crippen LogP contribution in [0.2, 0.25) is 0 Å². The molecule has 0 amide bonds. The van der Waals surface area contributed by atoms with E-state index in [0.717, 1.165) is 22.6 Å². The molecule has 0 N–H and O–H groups in total. The Labute approximate surface area is 185 Å². The van der Waals surface area contributed by atoms with Gasteiger partial charge in [0.1, 0.15) is 16.9 Å². The SMILES string of the molecule is Cc1cc(-c2c(C)c(C)cc3c2oc2c4c(ccc23)C(C)(C)CCC4(C)C)[n+](C)cn1. The lowest BCUT2D eigenvalue weighted by Crippen LogP contribution is -2.33. The van der Waals surface area contributed by atoms with Crippen molar-refractivity contribution in [2.75, 3.05) is 0 Å². The molecule has 0 spiro atoms. The zero-order valence-corrected chi connectivity index (χ0v) is 20.1. The number of benzene rings is 2. The summed E-state index contributed by atoms with van der Waals surface area (Å²) in [5.41, 5.74) is 11.1. The second-order valence-corrected chi connectivity index (χ2v) is 10.8. The van der Waals surface area contributed by atoms with Gasteiger partial charge in [0.15, 0.2) is 5.69 Å². The molecule has 0 bridgehead atoms. The molecule has 2 aromatic carbocycles. The highest BCUT2D eigenvalue weighted by Crippen LogP contribution is 2.50. The second kappa shape index (κ2) is 6.41. The van der Waals surface area contributed by atoms with E-state index in [0.29, 0.717) is 0 Å². The number of aromatic nitrogens is 2. The molecule has 0 fully saturated rings. The Kier molecular flexibility index (Phi) is 4.19. The fourth-order valence-electron chi connectivity index (χ4n) is 5.46. The molecule has 4 aromatic rings. The summed E-state index contributed by atoms with van der Waals surface area (Å²) >= 11 is 0. The summed E-state index contributed by atoms with van der Waals surface area (Å²) < 4.78 is 8.96. The van der Waals surface area contributed by atoms with Crippen molar-refractivity contribution in [3.63, 3.8) is 0 Å². The molecule has 5 rings (SSSR count). The first kappa shape index (κ1) is 20.2. The number of aryl methyl sites for hydroxylation is 3. The van der Waals surface area contributed by atoms with E-state index in [1.165, 1.54) is 51.4 Å². The van der Waals surface area contributed by atoms with Crippen LogP contribution in [0.4, 0.5) is 0 Å². The summed E-state index contributed by atoms with van der Waals surface area (Å²) in [5.74, 6) is 0. The third-order valence-electron chi connectivity index (χ3n) is 7.65. The first-order valence-corrected chi connectivity index (χ1v) is 11.3. The van der Waals surface area contributed by atoms with E-state index >= 15 is 0 Å². The van der Waals surface area contributed by atoms with Crippen molar-refractivity contribution in [2.24, 2.45) is 7.05 Å². The van der Waals surface area contributed by atoms with E-state index in [4.69, 9.17) is 4.42 Å². The van der Waals surface area contributed by atoms with Crippen molar-refractivity contribution >= 4 is 21.9 Å². The van der Waals surface area contributed by atoms with Gasteiger partial charge in [-0.05, 0) is 60.3 Å². The van der Waals surface area contributed by atoms with Crippen LogP contribution in [0.3, 0.4) is 0 Å². The molecule has 1 aliphatic carbocycles. The maximum absolute atomic E-state index is 6.86. The third kappa shape index (κ3) is 2.86. The molecule has 2 heterocycles. The second-order valence-electron chi connectivity index (χ2n) is 10.8. The van der Waals surface area contributed by atoms with E-state index in [2.05, 4.69) is 82.4 Å². The van der Waals surface area contributed by atoms with Gasteiger partial charge in [-0.15, -0.1) is 0 Å². The van der Waals surface area contributed by atoms with E-state index in [1.54, 1.807) is 0 Å². The van der Waals surface area contributed by atoms with Crippen LogP contribution in [0.5, 0.6) is 0 Å². The van der Waals surface area contributed by atoms with Crippen molar-refractivity contribution in [1.29, 1.82) is 0 Å². The minimum Gasteiger partial charge on any atom is -0.455 e. The predicted molar refractivity (Wildman–Crippen MR) is 128 cm³/mol. The fraction of sp³-hybridized carbons (Fsp3) is 0.429. The summed E-state index contributed by atoms with van der Waals surface area (Å²) in [4.78, 5) is 4.46. The molecule has 0 radical (unpaired) electrons. The van der Waals surface area contributed by atoms with Crippen molar-refractivity contribution in [3.8, 4) is 11.3 Å². The third-order valence-corrected chi connectivity index (χ3v) is 7.65. The molecule has 3 nitrogen and oxygen atoms in total. The van der Waals surface area contributed by atoms with Crippen molar-refractivity contribution in [3.05, 3.63) is 58.5 Å². The lowest BCUT2D eigenvalue weighted by Gasteiger charge is -2.41. The lowest BCUT2D eigenvalue weighted by molar-refractivity contribution is -0.663. The van der Waals surface area contributed by atoms with E-state index < -0.39 is 0 Å². The van der Waals surface area contributed by atoms with Crippen molar-refractivity contribution < 1.29 is 8.98 Å². The molecule has 0 unspecified atom stereocenters. The molecule has 2 aromatic heterocycles. The van der Waals surface area contributed by atoms with Gasteiger partial charge >= 0.3 is 0 Å². The summed E-state index contributed by atoms with van der Waals surface area (Å²) in [6, 6.07) is 9.12. The van der Waals surface area contributed by atoms with Crippen LogP contribution in [0.1, 0.15) is 68.5 Å². The highest BCUT2D eigenvalue weighted by atomic mass is 16.3. The summed E-state index contributed by atoms with van der Waals surface area (Å²) in [7, 11) is 2.06. The highest BCUT2D eigenvalue weighted by molar-refractivity contribution is 6.11. The van der Waals surface area contributed by atoms with Gasteiger partial charge in [0, 0.05) is 29.3 Å². The van der Waals surface area contributed by atoms with Gasteiger partial charge in [-0.1, -0.05) is 44.8 Å². The van der Waals surface area contributed by atoms with Crippen molar-refractivity contribution in [2.45, 2.75) is 72.1 Å². The molecule has 1 aliphatic rings. The van der Waals surface area contributed by atoms with Crippen LogP contribution in [-0.4, -0.2) is 4.98 Å². The molecular formula is C28H33N2O+. The molecular weight excluding hydrogens is 380 g/mol. The maximum Gasteiger partial charge on any atom is 0.286 e. The fourth-order valence-corrected chi connectivity index (χ4v) is 5.46. The van der Waals surface area contributed by atoms with Crippen molar-refractivity contribution in [1.82, 2.24) is 4.98 Å². The van der Waals surface area contributed by atoms with Gasteiger partial charge in [-0.25, -0.2) is 4.57 Å². The van der Waals surface area contributed by atoms with E-state index in [-0.39, 0.29) is 10.8 Å². The first-order valence-electron chi connectivity index (χ1n) is 11.3. The Bertz CT molecular complexity index is 1370. The van der Waals surface area contributed by atoms with Crippen LogP contribution in [0.15, 0.2) is 35.0 Å². The number of fused-ring (bicyclic) bond motifs is 5. The topological polar surface area (TPSA) is 29.9 Å². The molecule has 0 saturated carbocycles. The van der Waals surface area contributed by atoms with Crippen LogP contribution >= 0.6 is 0 Å². The molecule has 3 heteroatoms. The highest BCUT2D eigenvalue weighted by Gasteiger charge is 2.39. The Morgan fingerprint density at radius 1 is 0.903 bits per heavy atom. The zero-order valence-electron chi connectivity index (χ0n) is 20.1. The summed E-state index contributed by atoms with van der Waals surface area (Å²) in [6.07, 6.45) is 4.27. The van der Waals surface area contributed by atoms with Crippen LogP contribution < -0.4 is 4.57 Å². The standard InChI is InChI=1S/C28H33N2O/c1-16-13-20-19-9-10-21-24(28(6,7)12-11-27(21,4)5)26(19)31-25(20)23(18(16)3)22-14-17(2)29-15-30(22)8/h9-10,13-15H,11-12H2,1-8H3/q+1. The number of furan rings is 1. The first-order chi connectivity index (χ1) is 14.5. The Morgan fingerprint density at radius 3 is 2.35 bits per heavy atom. The van der Waals surface area contributed by atoms with Gasteiger partial charge in [0.2, 0.25) is 0 Å². The number of hydrogen-bond acceptors (Lipinski definition) is 2. The largest absolute Gasteiger partial charge is 0.455 e. The van der Waals surface area contributed by atoms with Crippen LogP contribution in [-0.2, 0) is 17.9 Å². The molecule has 31 heavy (non-hydrogen) atoms. The lowest BCUT2D eigenvalue weighted by atomic mass is 9.63. The van der Waals surface area contributed by atoms with Gasteiger partial charge in [0.05, 0.1) is 12.6 Å². The summed E-state index contributed by atoms with van der Waals surface area (Å²) in [5, 5.41) is 2.45. The van der Waals surface area contributed by atoms with E-state index in [9.17, 15) is 0 Å². The molecule has 160 valence electrons. The molecule has 0 saturated heterocycles. The number of rotatable bonds is 1. The Morgan fingerprint density at radius 2 is 1.61 bits per heavy atom. The minimum absolute atomic E-state index is 0.0976. The van der Waals surface area contributed by atoms with Crippen LogP contribution in [0.25, 0.3) is 33.2 Å². The van der Waals surface area contributed by atoms with E-state index in [1.807, 2.05) is 13.3 Å². The molecule has 0 atom stereocenters. The maximum atomic E-state index is 6.86. The quantitative estimate of drug-likeness (QED) is 0.323. The predicted octanol–water partition coefficient (Wildman–Crippen LogP) is 6.75. The number of nitrogens with zero attached hydrogens (tertiary/aromatic N) is 2. The minimum atomic E-state index is 0.0976. The average molecular weight is 414 g/mol. The monoisotopic (exact) mass is 413 g/mol. The molecule has 0 aliphatic heterocycles. The number of hydrogen-bond donors (Lipinski definition) is 0.